The summed E-state index contributed by atoms with van der Waals surface area (Å²) in [4.78, 5) is 12.7. The molecular weight excluding hydrogens is 264 g/mol. The van der Waals surface area contributed by atoms with E-state index in [-0.39, 0.29) is 0 Å². The first-order valence-electron chi connectivity index (χ1n) is 7.83. The molecule has 118 valence electrons. The number of amides is 1. The van der Waals surface area contributed by atoms with Gasteiger partial charge in [-0.1, -0.05) is 57.7 Å². The fraction of sp³-hybridized carbons (Fsp3) is 0.588. The Kier molecular flexibility index (Phi) is 6.85. The molecule has 0 heterocycles. The Labute approximate surface area is 127 Å². The molecule has 1 amide bonds. The van der Waals surface area contributed by atoms with Crippen LogP contribution in [0.1, 0.15) is 57.9 Å². The zero-order valence-electron chi connectivity index (χ0n) is 13.4. The molecule has 0 fully saturated rings. The predicted molar refractivity (Wildman–Crippen MR) is 86.9 cm³/mol. The van der Waals surface area contributed by atoms with Gasteiger partial charge in [0.15, 0.2) is 0 Å². The molecule has 4 nitrogen and oxygen atoms in total. The summed E-state index contributed by atoms with van der Waals surface area (Å²) < 4.78 is 0. The van der Waals surface area contributed by atoms with E-state index in [0.29, 0.717) is 18.5 Å². The van der Waals surface area contributed by atoms with Crippen molar-refractivity contribution < 1.29 is 9.90 Å². The van der Waals surface area contributed by atoms with Crippen LogP contribution in [-0.2, 0) is 4.79 Å². The molecule has 0 unspecified atom stereocenters. The summed E-state index contributed by atoms with van der Waals surface area (Å²) in [6.07, 6.45) is 4.43. The Morgan fingerprint density at radius 2 is 1.71 bits per heavy atom. The third kappa shape index (κ3) is 4.55. The number of hydrogen-bond acceptors (Lipinski definition) is 3. The summed E-state index contributed by atoms with van der Waals surface area (Å²) in [6.45, 7) is 6.00. The molecule has 0 radical (unpaired) electrons. The van der Waals surface area contributed by atoms with E-state index in [1.54, 1.807) is 6.07 Å². The lowest BCUT2D eigenvalue weighted by Crippen LogP contribution is -2.52. The van der Waals surface area contributed by atoms with Crippen LogP contribution in [0.5, 0.6) is 0 Å². The summed E-state index contributed by atoms with van der Waals surface area (Å²) in [7, 11) is 0. The SMILES string of the molecule is CCCCC(O)(CCCC)C(=O)N(N)c1ccccc1C. The topological polar surface area (TPSA) is 66.6 Å². The number of rotatable bonds is 8. The molecule has 0 aliphatic rings. The Morgan fingerprint density at radius 3 is 2.19 bits per heavy atom. The number of nitrogens with zero attached hydrogens (tertiary/aromatic N) is 1. The number of para-hydroxylation sites is 1. The molecule has 0 spiro atoms. The van der Waals surface area contributed by atoms with Crippen LogP contribution in [0.3, 0.4) is 0 Å². The van der Waals surface area contributed by atoms with Crippen LogP contribution in [-0.4, -0.2) is 16.6 Å². The fourth-order valence-corrected chi connectivity index (χ4v) is 2.44. The third-order valence-corrected chi connectivity index (χ3v) is 3.88. The van der Waals surface area contributed by atoms with Crippen molar-refractivity contribution in [3.05, 3.63) is 29.8 Å². The average Bonchev–Trinajstić information content (AvgIpc) is 2.50. The number of aryl methyl sites for hydroxylation is 1. The first-order chi connectivity index (χ1) is 9.96. The van der Waals surface area contributed by atoms with Gasteiger partial charge >= 0.3 is 0 Å². The van der Waals surface area contributed by atoms with E-state index >= 15 is 0 Å². The minimum atomic E-state index is -1.36. The molecule has 1 aromatic rings. The number of anilines is 1. The van der Waals surface area contributed by atoms with E-state index < -0.39 is 11.5 Å². The summed E-state index contributed by atoms with van der Waals surface area (Å²) in [6, 6.07) is 7.44. The summed E-state index contributed by atoms with van der Waals surface area (Å²) in [5.41, 5.74) is 0.207. The molecule has 0 saturated heterocycles. The second-order valence-corrected chi connectivity index (χ2v) is 5.70. The van der Waals surface area contributed by atoms with Crippen LogP contribution in [0, 0.1) is 6.92 Å². The second-order valence-electron chi connectivity index (χ2n) is 5.70. The smallest absolute Gasteiger partial charge is 0.273 e. The Bertz CT molecular complexity index is 452. The maximum Gasteiger partial charge on any atom is 0.273 e. The van der Waals surface area contributed by atoms with E-state index in [1.807, 2.05) is 39.0 Å². The highest BCUT2D eigenvalue weighted by Crippen LogP contribution is 2.27. The van der Waals surface area contributed by atoms with Crippen LogP contribution in [0.2, 0.25) is 0 Å². The average molecular weight is 292 g/mol. The van der Waals surface area contributed by atoms with Gasteiger partial charge in [-0.3, -0.25) is 4.79 Å². The highest BCUT2D eigenvalue weighted by atomic mass is 16.3. The zero-order chi connectivity index (χ0) is 15.9. The van der Waals surface area contributed by atoms with Crippen LogP contribution in [0.25, 0.3) is 0 Å². The standard InChI is InChI=1S/C17H28N2O2/c1-4-6-12-17(21,13-7-5-2)16(20)19(18)15-11-9-8-10-14(15)3/h8-11,21H,4-7,12-13,18H2,1-3H3. The van der Waals surface area contributed by atoms with E-state index in [9.17, 15) is 9.90 Å². The van der Waals surface area contributed by atoms with Gasteiger partial charge in [-0.25, -0.2) is 10.9 Å². The number of carbonyl (C=O) groups excluding carboxylic acids is 1. The largest absolute Gasteiger partial charge is 0.380 e. The number of benzene rings is 1. The van der Waals surface area contributed by atoms with E-state index in [4.69, 9.17) is 5.84 Å². The first-order valence-corrected chi connectivity index (χ1v) is 7.83. The van der Waals surface area contributed by atoms with E-state index in [2.05, 4.69) is 0 Å². The molecule has 0 aromatic heterocycles. The summed E-state index contributed by atoms with van der Waals surface area (Å²) >= 11 is 0. The Hall–Kier alpha value is -1.39. The number of nitrogens with two attached hydrogens (primary N) is 1. The molecule has 0 bridgehead atoms. The second kappa shape index (κ2) is 8.15. The van der Waals surface area contributed by atoms with E-state index in [0.717, 1.165) is 36.3 Å². The molecule has 4 heteroatoms. The van der Waals surface area contributed by atoms with Gasteiger partial charge in [0.05, 0.1) is 5.69 Å². The summed E-state index contributed by atoms with van der Waals surface area (Å²) in [5.74, 6) is 5.59. The number of aliphatic hydroxyl groups is 1. The molecule has 0 saturated carbocycles. The molecule has 1 aromatic carbocycles. The fourth-order valence-electron chi connectivity index (χ4n) is 2.44. The molecule has 1 rings (SSSR count). The molecule has 0 aliphatic heterocycles. The van der Waals surface area contributed by atoms with Gasteiger partial charge in [0.2, 0.25) is 0 Å². The van der Waals surface area contributed by atoms with Crippen molar-refractivity contribution in [2.45, 2.75) is 64.9 Å². The van der Waals surface area contributed by atoms with Crippen LogP contribution >= 0.6 is 0 Å². The van der Waals surface area contributed by atoms with Crippen molar-refractivity contribution in [3.8, 4) is 0 Å². The molecule has 0 aliphatic carbocycles. The van der Waals surface area contributed by atoms with Crippen molar-refractivity contribution >= 4 is 11.6 Å². The van der Waals surface area contributed by atoms with Gasteiger partial charge in [0.25, 0.3) is 5.91 Å². The van der Waals surface area contributed by atoms with Gasteiger partial charge < -0.3 is 5.11 Å². The van der Waals surface area contributed by atoms with E-state index in [1.165, 1.54) is 0 Å². The quantitative estimate of drug-likeness (QED) is 0.439. The highest BCUT2D eigenvalue weighted by Gasteiger charge is 2.38. The Balaban J connectivity index is 2.96. The summed E-state index contributed by atoms with van der Waals surface area (Å²) in [5, 5.41) is 11.9. The number of hydrogen-bond donors (Lipinski definition) is 2. The number of carbonyl (C=O) groups is 1. The van der Waals surface area contributed by atoms with Gasteiger partial charge in [-0.15, -0.1) is 0 Å². The molecular formula is C17H28N2O2. The number of unbranched alkanes of at least 4 members (excludes halogenated alkanes) is 2. The van der Waals surface area contributed by atoms with Gasteiger partial charge in [0, 0.05) is 0 Å². The van der Waals surface area contributed by atoms with Crippen molar-refractivity contribution in [2.24, 2.45) is 5.84 Å². The monoisotopic (exact) mass is 292 g/mol. The molecule has 21 heavy (non-hydrogen) atoms. The zero-order valence-corrected chi connectivity index (χ0v) is 13.4. The predicted octanol–water partition coefficient (Wildman–Crippen LogP) is 3.31. The molecule has 3 N–H and O–H groups in total. The van der Waals surface area contributed by atoms with Crippen molar-refractivity contribution in [2.75, 3.05) is 5.01 Å². The lowest BCUT2D eigenvalue weighted by Gasteiger charge is -2.31. The van der Waals surface area contributed by atoms with Crippen molar-refractivity contribution in [1.82, 2.24) is 0 Å². The van der Waals surface area contributed by atoms with Crippen LogP contribution in [0.4, 0.5) is 5.69 Å². The maximum atomic E-state index is 12.7. The van der Waals surface area contributed by atoms with Crippen molar-refractivity contribution in [1.29, 1.82) is 0 Å². The van der Waals surface area contributed by atoms with Gasteiger partial charge in [-0.2, -0.15) is 0 Å². The minimum Gasteiger partial charge on any atom is -0.380 e. The van der Waals surface area contributed by atoms with Gasteiger partial charge in [0.1, 0.15) is 5.60 Å². The lowest BCUT2D eigenvalue weighted by atomic mass is 9.89. The number of hydrazine groups is 1. The Morgan fingerprint density at radius 1 is 1.19 bits per heavy atom. The maximum absolute atomic E-state index is 12.7. The third-order valence-electron chi connectivity index (χ3n) is 3.88. The first kappa shape index (κ1) is 17.7. The van der Waals surface area contributed by atoms with Gasteiger partial charge in [-0.05, 0) is 31.4 Å². The van der Waals surface area contributed by atoms with Crippen LogP contribution < -0.4 is 10.9 Å². The normalized spacial score (nSPS) is 11.5. The highest BCUT2D eigenvalue weighted by molar-refractivity contribution is 5.98. The van der Waals surface area contributed by atoms with Crippen molar-refractivity contribution in [3.63, 3.8) is 0 Å². The van der Waals surface area contributed by atoms with Crippen LogP contribution in [0.15, 0.2) is 24.3 Å². The molecule has 0 atom stereocenters. The minimum absolute atomic E-state index is 0.404. The lowest BCUT2D eigenvalue weighted by molar-refractivity contribution is -0.138.